The number of rotatable bonds is 7. The van der Waals surface area contributed by atoms with Crippen molar-refractivity contribution in [2.45, 2.75) is 44.9 Å². The second kappa shape index (κ2) is 11.7. The van der Waals surface area contributed by atoms with Gasteiger partial charge in [-0.3, -0.25) is 9.69 Å². The number of hydrogen-bond donors (Lipinski definition) is 2. The number of carbonyl (C=O) groups excluding carboxylic acids is 1. The molecule has 1 saturated heterocycles. The molecule has 1 aliphatic heterocycles. The Hall–Kier alpha value is -0.850. The second-order valence-corrected chi connectivity index (χ2v) is 6.59. The predicted molar refractivity (Wildman–Crippen MR) is 106 cm³/mol. The first kappa shape index (κ1) is 24.1. The number of morpholine rings is 1. The molecule has 1 aromatic rings. The molecule has 25 heavy (non-hydrogen) atoms. The standard InChI is InChI=1S/C18H29N3O2.2ClH/c1-3-9-18(2,19)17(22)20-12-16-14-21(10-11-23-16)13-15-7-5-4-6-8-15;;/h4-8,16H,3,9-14,19H2,1-2H3,(H,20,22);2*1H. The molecule has 5 nitrogen and oxygen atoms in total. The summed E-state index contributed by atoms with van der Waals surface area (Å²) in [5.41, 5.74) is 6.55. The van der Waals surface area contributed by atoms with Gasteiger partial charge in [-0.2, -0.15) is 0 Å². The van der Waals surface area contributed by atoms with E-state index in [0.29, 0.717) is 19.6 Å². The van der Waals surface area contributed by atoms with Crippen molar-refractivity contribution in [3.63, 3.8) is 0 Å². The van der Waals surface area contributed by atoms with Crippen molar-refractivity contribution in [1.82, 2.24) is 10.2 Å². The van der Waals surface area contributed by atoms with E-state index in [0.717, 1.165) is 26.1 Å². The molecule has 144 valence electrons. The van der Waals surface area contributed by atoms with Crippen molar-refractivity contribution in [3.05, 3.63) is 35.9 Å². The summed E-state index contributed by atoms with van der Waals surface area (Å²) in [5.74, 6) is -0.0943. The fourth-order valence-corrected chi connectivity index (χ4v) is 2.93. The maximum atomic E-state index is 12.2. The number of amides is 1. The van der Waals surface area contributed by atoms with Crippen LogP contribution in [0.25, 0.3) is 0 Å². The molecule has 2 unspecified atom stereocenters. The molecule has 0 aliphatic carbocycles. The van der Waals surface area contributed by atoms with Crippen molar-refractivity contribution < 1.29 is 9.53 Å². The fraction of sp³-hybridized carbons (Fsp3) is 0.611. The van der Waals surface area contributed by atoms with Crippen LogP contribution in [0.3, 0.4) is 0 Å². The molecule has 2 atom stereocenters. The van der Waals surface area contributed by atoms with E-state index in [1.54, 1.807) is 6.92 Å². The minimum Gasteiger partial charge on any atom is -0.374 e. The summed E-state index contributed by atoms with van der Waals surface area (Å²) in [5, 5.41) is 2.95. The smallest absolute Gasteiger partial charge is 0.239 e. The van der Waals surface area contributed by atoms with Crippen molar-refractivity contribution in [3.8, 4) is 0 Å². The van der Waals surface area contributed by atoms with Gasteiger partial charge in [0, 0.05) is 26.2 Å². The van der Waals surface area contributed by atoms with Crippen LogP contribution in [0.2, 0.25) is 0 Å². The van der Waals surface area contributed by atoms with Crippen LogP contribution in [0.1, 0.15) is 32.3 Å². The van der Waals surface area contributed by atoms with Crippen LogP contribution in [0.4, 0.5) is 0 Å². The zero-order chi connectivity index (χ0) is 16.7. The van der Waals surface area contributed by atoms with E-state index in [-0.39, 0.29) is 36.8 Å². The Kier molecular flexibility index (Phi) is 11.3. The van der Waals surface area contributed by atoms with Crippen LogP contribution in [0, 0.1) is 0 Å². The quantitative estimate of drug-likeness (QED) is 0.748. The van der Waals surface area contributed by atoms with Crippen LogP contribution < -0.4 is 11.1 Å². The van der Waals surface area contributed by atoms with Crippen LogP contribution in [-0.4, -0.2) is 48.7 Å². The summed E-state index contributed by atoms with van der Waals surface area (Å²) in [7, 11) is 0. The Morgan fingerprint density at radius 3 is 2.68 bits per heavy atom. The van der Waals surface area contributed by atoms with Crippen LogP contribution in [0.5, 0.6) is 0 Å². The summed E-state index contributed by atoms with van der Waals surface area (Å²) in [4.78, 5) is 14.5. The fourth-order valence-electron chi connectivity index (χ4n) is 2.93. The summed E-state index contributed by atoms with van der Waals surface area (Å²) in [6.45, 7) is 7.69. The van der Waals surface area contributed by atoms with E-state index in [9.17, 15) is 4.79 Å². The molecule has 1 fully saturated rings. The molecule has 7 heteroatoms. The van der Waals surface area contributed by atoms with Crippen molar-refractivity contribution >= 4 is 30.7 Å². The lowest BCUT2D eigenvalue weighted by Gasteiger charge is -2.33. The maximum Gasteiger partial charge on any atom is 0.239 e. The van der Waals surface area contributed by atoms with E-state index >= 15 is 0 Å². The van der Waals surface area contributed by atoms with Crippen molar-refractivity contribution in [1.29, 1.82) is 0 Å². The monoisotopic (exact) mass is 391 g/mol. The molecule has 0 spiro atoms. The number of hydrogen-bond acceptors (Lipinski definition) is 4. The Morgan fingerprint density at radius 2 is 2.04 bits per heavy atom. The minimum absolute atomic E-state index is 0. The van der Waals surface area contributed by atoms with E-state index < -0.39 is 5.54 Å². The highest BCUT2D eigenvalue weighted by molar-refractivity contribution is 5.86. The van der Waals surface area contributed by atoms with E-state index in [1.165, 1.54) is 5.56 Å². The predicted octanol–water partition coefficient (Wildman–Crippen LogP) is 2.36. The number of ether oxygens (including phenoxy) is 1. The van der Waals surface area contributed by atoms with Gasteiger partial charge in [0.05, 0.1) is 18.2 Å². The van der Waals surface area contributed by atoms with Gasteiger partial charge in [-0.15, -0.1) is 24.8 Å². The van der Waals surface area contributed by atoms with Crippen LogP contribution >= 0.6 is 24.8 Å². The number of nitrogens with two attached hydrogens (primary N) is 1. The topological polar surface area (TPSA) is 67.6 Å². The molecule has 1 amide bonds. The van der Waals surface area contributed by atoms with Crippen LogP contribution in [-0.2, 0) is 16.1 Å². The highest BCUT2D eigenvalue weighted by atomic mass is 35.5. The van der Waals surface area contributed by atoms with Gasteiger partial charge in [0.25, 0.3) is 0 Å². The average molecular weight is 392 g/mol. The van der Waals surface area contributed by atoms with Gasteiger partial charge in [-0.1, -0.05) is 43.7 Å². The number of halogens is 2. The second-order valence-electron chi connectivity index (χ2n) is 6.59. The van der Waals surface area contributed by atoms with Gasteiger partial charge in [0.2, 0.25) is 5.91 Å². The van der Waals surface area contributed by atoms with E-state index in [4.69, 9.17) is 10.5 Å². The molecule has 1 heterocycles. The molecular weight excluding hydrogens is 361 g/mol. The first-order chi connectivity index (χ1) is 11.0. The van der Waals surface area contributed by atoms with E-state index in [2.05, 4.69) is 34.5 Å². The summed E-state index contributed by atoms with van der Waals surface area (Å²) >= 11 is 0. The summed E-state index contributed by atoms with van der Waals surface area (Å²) in [6, 6.07) is 10.4. The zero-order valence-corrected chi connectivity index (χ0v) is 16.7. The highest BCUT2D eigenvalue weighted by Gasteiger charge is 2.28. The molecule has 0 aromatic heterocycles. The highest BCUT2D eigenvalue weighted by Crippen LogP contribution is 2.11. The lowest BCUT2D eigenvalue weighted by atomic mass is 9.96. The first-order valence-corrected chi connectivity index (χ1v) is 8.46. The molecule has 0 bridgehead atoms. The van der Waals surface area contributed by atoms with Gasteiger partial charge in [-0.25, -0.2) is 0 Å². The Labute approximate surface area is 163 Å². The van der Waals surface area contributed by atoms with Gasteiger partial charge >= 0.3 is 0 Å². The number of benzene rings is 1. The van der Waals surface area contributed by atoms with Gasteiger partial charge < -0.3 is 15.8 Å². The molecule has 2 rings (SSSR count). The van der Waals surface area contributed by atoms with Crippen molar-refractivity contribution in [2.24, 2.45) is 5.73 Å². The van der Waals surface area contributed by atoms with Gasteiger partial charge in [0.15, 0.2) is 0 Å². The molecular formula is C18H31Cl2N3O2. The lowest BCUT2D eigenvalue weighted by Crippen LogP contribution is -2.54. The average Bonchev–Trinajstić information content (AvgIpc) is 2.54. The Bertz CT molecular complexity index is 500. The maximum absolute atomic E-state index is 12.2. The SMILES string of the molecule is CCCC(C)(N)C(=O)NCC1CN(Cc2ccccc2)CCO1.Cl.Cl. The molecule has 0 saturated carbocycles. The minimum atomic E-state index is -0.798. The largest absolute Gasteiger partial charge is 0.374 e. The third-order valence-electron chi connectivity index (χ3n) is 4.25. The first-order valence-electron chi connectivity index (χ1n) is 8.46. The molecule has 1 aromatic carbocycles. The number of nitrogens with one attached hydrogen (secondary N) is 1. The summed E-state index contributed by atoms with van der Waals surface area (Å²) in [6.07, 6.45) is 1.60. The third-order valence-corrected chi connectivity index (χ3v) is 4.25. The Morgan fingerprint density at radius 1 is 1.36 bits per heavy atom. The number of carbonyl (C=O) groups is 1. The zero-order valence-electron chi connectivity index (χ0n) is 15.1. The van der Waals surface area contributed by atoms with Gasteiger partial charge in [0.1, 0.15) is 0 Å². The van der Waals surface area contributed by atoms with E-state index in [1.807, 2.05) is 13.0 Å². The normalized spacial score (nSPS) is 19.9. The molecule has 1 aliphatic rings. The lowest BCUT2D eigenvalue weighted by molar-refractivity contribution is -0.127. The van der Waals surface area contributed by atoms with Crippen LogP contribution in [0.15, 0.2) is 30.3 Å². The molecule has 3 N–H and O–H groups in total. The third kappa shape index (κ3) is 7.92. The number of nitrogens with zero attached hydrogens (tertiary/aromatic N) is 1. The molecule has 0 radical (unpaired) electrons. The Balaban J connectivity index is 0.00000288. The van der Waals surface area contributed by atoms with Gasteiger partial charge in [-0.05, 0) is 18.9 Å². The summed E-state index contributed by atoms with van der Waals surface area (Å²) < 4.78 is 5.77. The van der Waals surface area contributed by atoms with Crippen molar-refractivity contribution in [2.75, 3.05) is 26.2 Å².